The number of amides is 1. The van der Waals surface area contributed by atoms with Crippen LogP contribution in [0.2, 0.25) is 0 Å². The molecule has 0 bridgehead atoms. The highest BCUT2D eigenvalue weighted by atomic mass is 16.3. The highest BCUT2D eigenvalue weighted by molar-refractivity contribution is 5.94. The number of hydrogen-bond donors (Lipinski definition) is 1. The summed E-state index contributed by atoms with van der Waals surface area (Å²) in [6.07, 6.45) is 4.31. The maximum Gasteiger partial charge on any atom is 0.257 e. The molecule has 1 saturated carbocycles. The van der Waals surface area contributed by atoms with Crippen LogP contribution in [0.1, 0.15) is 55.2 Å². The lowest BCUT2D eigenvalue weighted by atomic mass is 10.1. The Balaban J connectivity index is 2.07. The summed E-state index contributed by atoms with van der Waals surface area (Å²) >= 11 is 0. The van der Waals surface area contributed by atoms with Crippen molar-refractivity contribution in [3.63, 3.8) is 0 Å². The third kappa shape index (κ3) is 2.87. The number of nitrogens with zero attached hydrogens (tertiary/aromatic N) is 3. The highest BCUT2D eigenvalue weighted by Gasteiger charge is 2.28. The molecule has 112 valence electrons. The summed E-state index contributed by atoms with van der Waals surface area (Å²) in [6.45, 7) is 6.64. The van der Waals surface area contributed by atoms with Gasteiger partial charge in [0.05, 0.1) is 17.9 Å². The molecule has 0 aromatic carbocycles. The average molecular weight is 279 g/mol. The van der Waals surface area contributed by atoms with Gasteiger partial charge < -0.3 is 10.0 Å². The van der Waals surface area contributed by atoms with E-state index in [0.29, 0.717) is 12.1 Å². The van der Waals surface area contributed by atoms with E-state index < -0.39 is 0 Å². The fourth-order valence-corrected chi connectivity index (χ4v) is 3.02. The first-order chi connectivity index (χ1) is 9.41. The summed E-state index contributed by atoms with van der Waals surface area (Å²) in [6, 6.07) is 0.249. The van der Waals surface area contributed by atoms with Gasteiger partial charge in [0.25, 0.3) is 5.91 Å². The molecule has 1 fully saturated rings. The first-order valence-electron chi connectivity index (χ1n) is 7.39. The van der Waals surface area contributed by atoms with Gasteiger partial charge in [-0.1, -0.05) is 6.42 Å². The molecule has 2 atom stereocenters. The van der Waals surface area contributed by atoms with Crippen LogP contribution in [0.15, 0.2) is 6.20 Å². The van der Waals surface area contributed by atoms with Crippen LogP contribution in [-0.4, -0.2) is 45.4 Å². The molecule has 1 aromatic heterocycles. The van der Waals surface area contributed by atoms with Gasteiger partial charge in [-0.15, -0.1) is 0 Å². The molecule has 2 unspecified atom stereocenters. The fraction of sp³-hybridized carbons (Fsp3) is 0.733. The number of aromatic nitrogens is 2. The summed E-state index contributed by atoms with van der Waals surface area (Å²) in [5, 5.41) is 14.2. The predicted molar refractivity (Wildman–Crippen MR) is 77.7 cm³/mol. The summed E-state index contributed by atoms with van der Waals surface area (Å²) in [5.74, 6) is 0.206. The van der Waals surface area contributed by atoms with Gasteiger partial charge in [-0.2, -0.15) is 5.10 Å². The molecule has 1 aliphatic carbocycles. The van der Waals surface area contributed by atoms with Crippen molar-refractivity contribution >= 4 is 5.91 Å². The van der Waals surface area contributed by atoms with Crippen molar-refractivity contribution in [2.24, 2.45) is 5.92 Å². The molecule has 1 amide bonds. The lowest BCUT2D eigenvalue weighted by Crippen LogP contribution is -2.34. The van der Waals surface area contributed by atoms with E-state index in [1.54, 1.807) is 18.1 Å². The van der Waals surface area contributed by atoms with Crippen molar-refractivity contribution in [1.82, 2.24) is 14.7 Å². The molecule has 0 radical (unpaired) electrons. The van der Waals surface area contributed by atoms with E-state index in [1.165, 1.54) is 0 Å². The standard InChI is InChI=1S/C15H25N3O2/c1-10(2)18-11(3)13(8-16-18)15(20)17(4)9-12-6-5-7-14(12)19/h8,10,12,14,19H,5-7,9H2,1-4H3. The topological polar surface area (TPSA) is 58.4 Å². The van der Waals surface area contributed by atoms with E-state index in [1.807, 2.05) is 25.5 Å². The Morgan fingerprint density at radius 2 is 2.25 bits per heavy atom. The maximum absolute atomic E-state index is 12.5. The van der Waals surface area contributed by atoms with Crippen molar-refractivity contribution in [1.29, 1.82) is 0 Å². The molecule has 1 N–H and O–H groups in total. The second-order valence-electron chi connectivity index (χ2n) is 6.13. The summed E-state index contributed by atoms with van der Waals surface area (Å²) in [5.41, 5.74) is 1.57. The van der Waals surface area contributed by atoms with Crippen LogP contribution in [-0.2, 0) is 0 Å². The van der Waals surface area contributed by atoms with E-state index >= 15 is 0 Å². The van der Waals surface area contributed by atoms with Crippen molar-refractivity contribution in [3.8, 4) is 0 Å². The quantitative estimate of drug-likeness (QED) is 0.917. The lowest BCUT2D eigenvalue weighted by Gasteiger charge is -2.23. The Hall–Kier alpha value is -1.36. The van der Waals surface area contributed by atoms with E-state index in [0.717, 1.165) is 25.0 Å². The molecule has 5 heteroatoms. The molecule has 0 saturated heterocycles. The minimum atomic E-state index is -0.260. The zero-order valence-corrected chi connectivity index (χ0v) is 12.8. The Bertz CT molecular complexity index is 481. The smallest absolute Gasteiger partial charge is 0.257 e. The Kier molecular flexibility index (Phi) is 4.48. The predicted octanol–water partition coefficient (Wildman–Crippen LogP) is 2.01. The molecule has 2 rings (SSSR count). The molecular formula is C15H25N3O2. The van der Waals surface area contributed by atoms with Crippen molar-refractivity contribution in [3.05, 3.63) is 17.5 Å². The number of rotatable bonds is 4. The van der Waals surface area contributed by atoms with Gasteiger partial charge in [0.1, 0.15) is 0 Å². The zero-order chi connectivity index (χ0) is 14.9. The van der Waals surface area contributed by atoms with Gasteiger partial charge in [-0.05, 0) is 33.6 Å². The van der Waals surface area contributed by atoms with E-state index in [2.05, 4.69) is 5.10 Å². The summed E-state index contributed by atoms with van der Waals surface area (Å²) in [7, 11) is 1.81. The first kappa shape index (κ1) is 15.0. The van der Waals surface area contributed by atoms with Crippen LogP contribution in [0.3, 0.4) is 0 Å². The molecule has 0 aliphatic heterocycles. The van der Waals surface area contributed by atoms with Gasteiger partial charge in [-0.25, -0.2) is 0 Å². The number of hydrogen-bond acceptors (Lipinski definition) is 3. The number of carbonyl (C=O) groups excluding carboxylic acids is 1. The number of aliphatic hydroxyl groups is 1. The van der Waals surface area contributed by atoms with Gasteiger partial charge in [0.2, 0.25) is 0 Å². The van der Waals surface area contributed by atoms with Gasteiger partial charge >= 0.3 is 0 Å². The van der Waals surface area contributed by atoms with E-state index in [-0.39, 0.29) is 24.0 Å². The second kappa shape index (κ2) is 5.95. The van der Waals surface area contributed by atoms with Crippen molar-refractivity contribution in [2.75, 3.05) is 13.6 Å². The molecule has 1 heterocycles. The molecule has 20 heavy (non-hydrogen) atoms. The number of carbonyl (C=O) groups is 1. The van der Waals surface area contributed by atoms with Gasteiger partial charge in [0, 0.05) is 31.2 Å². The summed E-state index contributed by atoms with van der Waals surface area (Å²) < 4.78 is 1.87. The maximum atomic E-state index is 12.5. The van der Waals surface area contributed by atoms with E-state index in [9.17, 15) is 9.90 Å². The largest absolute Gasteiger partial charge is 0.393 e. The zero-order valence-electron chi connectivity index (χ0n) is 12.8. The molecular weight excluding hydrogens is 254 g/mol. The van der Waals surface area contributed by atoms with Crippen LogP contribution in [0.5, 0.6) is 0 Å². The van der Waals surface area contributed by atoms with Crippen molar-refractivity contribution in [2.45, 2.75) is 52.2 Å². The Morgan fingerprint density at radius 1 is 1.55 bits per heavy atom. The molecule has 5 nitrogen and oxygen atoms in total. The second-order valence-corrected chi connectivity index (χ2v) is 6.13. The molecule has 0 spiro atoms. The fourth-order valence-electron chi connectivity index (χ4n) is 3.02. The Morgan fingerprint density at radius 3 is 2.75 bits per heavy atom. The van der Waals surface area contributed by atoms with Crippen molar-refractivity contribution < 1.29 is 9.90 Å². The van der Waals surface area contributed by atoms with Gasteiger partial charge in [0.15, 0.2) is 0 Å². The van der Waals surface area contributed by atoms with Crippen LogP contribution >= 0.6 is 0 Å². The van der Waals surface area contributed by atoms with E-state index in [4.69, 9.17) is 0 Å². The third-order valence-corrected chi connectivity index (χ3v) is 4.24. The summed E-state index contributed by atoms with van der Waals surface area (Å²) in [4.78, 5) is 14.2. The first-order valence-corrected chi connectivity index (χ1v) is 7.39. The average Bonchev–Trinajstić information content (AvgIpc) is 2.95. The highest BCUT2D eigenvalue weighted by Crippen LogP contribution is 2.26. The minimum Gasteiger partial charge on any atom is -0.393 e. The SMILES string of the molecule is Cc1c(C(=O)N(C)CC2CCCC2O)cnn1C(C)C. The van der Waals surface area contributed by atoms with Gasteiger partial charge in [-0.3, -0.25) is 9.48 Å². The minimum absolute atomic E-state index is 0.00602. The van der Waals surface area contributed by atoms with Crippen LogP contribution in [0.4, 0.5) is 0 Å². The monoisotopic (exact) mass is 279 g/mol. The molecule has 1 aliphatic rings. The lowest BCUT2D eigenvalue weighted by molar-refractivity contribution is 0.0692. The van der Waals surface area contributed by atoms with Crippen LogP contribution < -0.4 is 0 Å². The normalized spacial score (nSPS) is 22.5. The third-order valence-electron chi connectivity index (χ3n) is 4.24. The van der Waals surface area contributed by atoms with Crippen LogP contribution in [0.25, 0.3) is 0 Å². The van der Waals surface area contributed by atoms with Crippen LogP contribution in [0, 0.1) is 12.8 Å². The Labute approximate surface area is 120 Å². The molecule has 1 aromatic rings. The number of aliphatic hydroxyl groups excluding tert-OH is 1.